The van der Waals surface area contributed by atoms with Gasteiger partial charge >= 0.3 is 0 Å². The van der Waals surface area contributed by atoms with Crippen LogP contribution in [0, 0.1) is 6.92 Å². The highest BCUT2D eigenvalue weighted by atomic mass is 35.5. The van der Waals surface area contributed by atoms with E-state index in [0.29, 0.717) is 17.4 Å². The summed E-state index contributed by atoms with van der Waals surface area (Å²) in [5.74, 6) is 2.21. The first-order valence-electron chi connectivity index (χ1n) is 7.47. The molecule has 0 unspecified atom stereocenters. The smallest absolute Gasteiger partial charge is 0.234 e. The van der Waals surface area contributed by atoms with Crippen LogP contribution in [-0.4, -0.2) is 24.0 Å². The van der Waals surface area contributed by atoms with Crippen molar-refractivity contribution in [1.82, 2.24) is 0 Å². The Morgan fingerprint density at radius 3 is 2.74 bits per heavy atom. The number of thioether (sulfide) groups is 1. The van der Waals surface area contributed by atoms with Crippen LogP contribution in [0.3, 0.4) is 0 Å². The number of aryl methyl sites for hydroxylation is 1. The van der Waals surface area contributed by atoms with E-state index >= 15 is 0 Å². The van der Waals surface area contributed by atoms with Gasteiger partial charge in [0.1, 0.15) is 5.75 Å². The van der Waals surface area contributed by atoms with Crippen molar-refractivity contribution in [3.8, 4) is 5.75 Å². The average Bonchev–Trinajstić information content (AvgIpc) is 2.54. The van der Waals surface area contributed by atoms with Gasteiger partial charge in [-0.25, -0.2) is 0 Å². The molecule has 1 N–H and O–H groups in total. The number of halogens is 1. The molecule has 2 aromatic carbocycles. The van der Waals surface area contributed by atoms with E-state index < -0.39 is 0 Å². The van der Waals surface area contributed by atoms with Crippen LogP contribution in [0.15, 0.2) is 48.5 Å². The van der Waals surface area contributed by atoms with Gasteiger partial charge < -0.3 is 10.1 Å². The molecule has 122 valence electrons. The minimum atomic E-state index is 0.00407. The second kappa shape index (κ2) is 9.48. The molecule has 0 bridgehead atoms. The molecule has 0 saturated heterocycles. The number of hydrogen-bond donors (Lipinski definition) is 1. The highest BCUT2D eigenvalue weighted by Gasteiger charge is 2.05. The van der Waals surface area contributed by atoms with Crippen molar-refractivity contribution in [2.75, 3.05) is 23.4 Å². The molecule has 2 rings (SSSR count). The molecule has 0 heterocycles. The van der Waals surface area contributed by atoms with E-state index in [0.717, 1.165) is 29.2 Å². The molecule has 0 radical (unpaired) electrons. The topological polar surface area (TPSA) is 38.3 Å². The molecule has 2 aromatic rings. The summed E-state index contributed by atoms with van der Waals surface area (Å²) < 4.78 is 5.61. The lowest BCUT2D eigenvalue weighted by Crippen LogP contribution is -2.15. The third-order valence-corrected chi connectivity index (χ3v) is 4.42. The zero-order chi connectivity index (χ0) is 16.5. The van der Waals surface area contributed by atoms with Crippen LogP contribution in [0.4, 0.5) is 5.69 Å². The molecule has 0 aliphatic carbocycles. The normalized spacial score (nSPS) is 10.3. The minimum Gasteiger partial charge on any atom is -0.494 e. The molecule has 0 saturated carbocycles. The molecule has 3 nitrogen and oxygen atoms in total. The summed E-state index contributed by atoms with van der Waals surface area (Å²) in [6.07, 6.45) is 0.910. The van der Waals surface area contributed by atoms with Crippen LogP contribution in [-0.2, 0) is 4.79 Å². The summed E-state index contributed by atoms with van der Waals surface area (Å²) in [6, 6.07) is 15.2. The minimum absolute atomic E-state index is 0.00407. The van der Waals surface area contributed by atoms with Crippen molar-refractivity contribution in [2.45, 2.75) is 13.3 Å². The summed E-state index contributed by atoms with van der Waals surface area (Å²) in [6.45, 7) is 2.59. The van der Waals surface area contributed by atoms with Crippen molar-refractivity contribution in [1.29, 1.82) is 0 Å². The fourth-order valence-corrected chi connectivity index (χ4v) is 2.94. The molecule has 0 aliphatic rings. The molecule has 0 aromatic heterocycles. The summed E-state index contributed by atoms with van der Waals surface area (Å²) in [5, 5.41) is 3.58. The molecule has 23 heavy (non-hydrogen) atoms. The predicted molar refractivity (Wildman–Crippen MR) is 98.7 cm³/mol. The Hall–Kier alpha value is -1.65. The SMILES string of the molecule is Cc1cc(Cl)ccc1NC(=O)CSCCCOc1ccccc1. The highest BCUT2D eigenvalue weighted by molar-refractivity contribution is 7.99. The van der Waals surface area contributed by atoms with E-state index in [1.54, 1.807) is 17.8 Å². The number of ether oxygens (including phenoxy) is 1. The van der Waals surface area contributed by atoms with E-state index in [1.807, 2.05) is 49.4 Å². The first-order chi connectivity index (χ1) is 11.1. The Morgan fingerprint density at radius 2 is 2.00 bits per heavy atom. The second-order valence-electron chi connectivity index (χ2n) is 5.08. The van der Waals surface area contributed by atoms with Crippen LogP contribution < -0.4 is 10.1 Å². The zero-order valence-corrected chi connectivity index (χ0v) is 14.6. The maximum atomic E-state index is 11.9. The quantitative estimate of drug-likeness (QED) is 0.696. The summed E-state index contributed by atoms with van der Waals surface area (Å²) in [7, 11) is 0. The van der Waals surface area contributed by atoms with Crippen molar-refractivity contribution in [2.24, 2.45) is 0 Å². The number of benzene rings is 2. The third-order valence-electron chi connectivity index (χ3n) is 3.14. The van der Waals surface area contributed by atoms with E-state index in [4.69, 9.17) is 16.3 Å². The van der Waals surface area contributed by atoms with Gasteiger partial charge in [-0.15, -0.1) is 0 Å². The van der Waals surface area contributed by atoms with Gasteiger partial charge in [-0.3, -0.25) is 4.79 Å². The van der Waals surface area contributed by atoms with Crippen molar-refractivity contribution in [3.63, 3.8) is 0 Å². The number of rotatable bonds is 8. The molecule has 0 aliphatic heterocycles. The van der Waals surface area contributed by atoms with E-state index in [9.17, 15) is 4.79 Å². The van der Waals surface area contributed by atoms with Crippen LogP contribution in [0.2, 0.25) is 5.02 Å². The van der Waals surface area contributed by atoms with E-state index in [-0.39, 0.29) is 5.91 Å². The number of carbonyl (C=O) groups is 1. The maximum Gasteiger partial charge on any atom is 0.234 e. The molecular formula is C18H20ClNO2S. The number of carbonyl (C=O) groups excluding carboxylic acids is 1. The Kier molecular flexibility index (Phi) is 7.30. The largest absolute Gasteiger partial charge is 0.494 e. The summed E-state index contributed by atoms with van der Waals surface area (Å²) >= 11 is 7.51. The maximum absolute atomic E-state index is 11.9. The second-order valence-corrected chi connectivity index (χ2v) is 6.62. The number of hydrogen-bond acceptors (Lipinski definition) is 3. The van der Waals surface area contributed by atoms with E-state index in [1.165, 1.54) is 0 Å². The molecule has 5 heteroatoms. The predicted octanol–water partition coefficient (Wildman–Crippen LogP) is 4.79. The molecular weight excluding hydrogens is 330 g/mol. The number of para-hydroxylation sites is 1. The van der Waals surface area contributed by atoms with Crippen LogP contribution in [0.25, 0.3) is 0 Å². The Bertz CT molecular complexity index is 634. The van der Waals surface area contributed by atoms with Crippen LogP contribution in [0.1, 0.15) is 12.0 Å². The van der Waals surface area contributed by atoms with Gasteiger partial charge in [0.15, 0.2) is 0 Å². The summed E-state index contributed by atoms with van der Waals surface area (Å²) in [4.78, 5) is 11.9. The van der Waals surface area contributed by atoms with Gasteiger partial charge in [0.2, 0.25) is 5.91 Å². The van der Waals surface area contributed by atoms with E-state index in [2.05, 4.69) is 5.32 Å². The van der Waals surface area contributed by atoms with Crippen molar-refractivity contribution in [3.05, 3.63) is 59.1 Å². The summed E-state index contributed by atoms with van der Waals surface area (Å²) in [5.41, 5.74) is 1.78. The lowest BCUT2D eigenvalue weighted by molar-refractivity contribution is -0.113. The number of anilines is 1. The lowest BCUT2D eigenvalue weighted by Gasteiger charge is -2.09. The van der Waals surface area contributed by atoms with Crippen molar-refractivity contribution < 1.29 is 9.53 Å². The van der Waals surface area contributed by atoms with Crippen molar-refractivity contribution >= 4 is 35.0 Å². The van der Waals surface area contributed by atoms with Gasteiger partial charge in [0.25, 0.3) is 0 Å². The molecule has 0 atom stereocenters. The van der Waals surface area contributed by atoms with Gasteiger partial charge in [-0.05, 0) is 55.0 Å². The molecule has 0 fully saturated rings. The number of amides is 1. The Labute approximate surface area is 146 Å². The van der Waals surface area contributed by atoms with Crippen LogP contribution >= 0.6 is 23.4 Å². The number of nitrogens with one attached hydrogen (secondary N) is 1. The average molecular weight is 350 g/mol. The first-order valence-corrected chi connectivity index (χ1v) is 9.00. The first kappa shape index (κ1) is 17.7. The molecule has 0 spiro atoms. The lowest BCUT2D eigenvalue weighted by atomic mass is 10.2. The van der Waals surface area contributed by atoms with Gasteiger partial charge in [-0.2, -0.15) is 11.8 Å². The highest BCUT2D eigenvalue weighted by Crippen LogP contribution is 2.19. The molecule has 1 amide bonds. The standard InChI is InChI=1S/C18H20ClNO2S/c1-14-12-15(19)8-9-17(14)20-18(21)13-23-11-5-10-22-16-6-3-2-4-7-16/h2-4,6-9,12H,5,10-11,13H2,1H3,(H,20,21). The Morgan fingerprint density at radius 1 is 1.22 bits per heavy atom. The van der Waals surface area contributed by atoms with Gasteiger partial charge in [0, 0.05) is 10.7 Å². The monoisotopic (exact) mass is 349 g/mol. The van der Waals surface area contributed by atoms with Gasteiger partial charge in [-0.1, -0.05) is 29.8 Å². The zero-order valence-electron chi connectivity index (χ0n) is 13.0. The van der Waals surface area contributed by atoms with Crippen LogP contribution in [0.5, 0.6) is 5.75 Å². The fraction of sp³-hybridized carbons (Fsp3) is 0.278. The third kappa shape index (κ3) is 6.55. The van der Waals surface area contributed by atoms with Gasteiger partial charge in [0.05, 0.1) is 12.4 Å². The fourth-order valence-electron chi connectivity index (χ4n) is 1.99. The Balaban J connectivity index is 1.59.